The number of hydrogen-bond acceptors (Lipinski definition) is 3. The van der Waals surface area contributed by atoms with Crippen LogP contribution in [0.5, 0.6) is 0 Å². The van der Waals surface area contributed by atoms with Gasteiger partial charge < -0.3 is 5.32 Å². The van der Waals surface area contributed by atoms with Gasteiger partial charge in [0.15, 0.2) is 5.78 Å². The van der Waals surface area contributed by atoms with Gasteiger partial charge in [-0.05, 0) is 23.1 Å². The summed E-state index contributed by atoms with van der Waals surface area (Å²) in [5.74, 6) is 0.133. The zero-order valence-corrected chi connectivity index (χ0v) is 18.9. The van der Waals surface area contributed by atoms with E-state index < -0.39 is 5.41 Å². The van der Waals surface area contributed by atoms with Gasteiger partial charge in [0.1, 0.15) is 0 Å². The van der Waals surface area contributed by atoms with Crippen molar-refractivity contribution in [2.24, 2.45) is 10.8 Å². The zero-order valence-electron chi connectivity index (χ0n) is 18.9. The lowest BCUT2D eigenvalue weighted by Gasteiger charge is -2.26. The minimum atomic E-state index is -0.391. The molecule has 0 fully saturated rings. The highest BCUT2D eigenvalue weighted by atomic mass is 16.1. The molecular weight excluding hydrogens is 368 g/mol. The van der Waals surface area contributed by atoms with Crippen molar-refractivity contribution in [2.45, 2.75) is 48.1 Å². The van der Waals surface area contributed by atoms with Gasteiger partial charge in [0.2, 0.25) is 0 Å². The van der Waals surface area contributed by atoms with Crippen LogP contribution < -0.4 is 5.32 Å². The van der Waals surface area contributed by atoms with Gasteiger partial charge in [-0.1, -0.05) is 84.0 Å². The minimum Gasteiger partial charge on any atom is -0.384 e. The summed E-state index contributed by atoms with van der Waals surface area (Å²) in [7, 11) is 0. The third kappa shape index (κ3) is 5.15. The Morgan fingerprint density at radius 3 is 2.37 bits per heavy atom. The lowest BCUT2D eigenvalue weighted by atomic mass is 9.85. The fourth-order valence-corrected chi connectivity index (χ4v) is 3.26. The summed E-state index contributed by atoms with van der Waals surface area (Å²) in [5.41, 5.74) is 3.66. The van der Waals surface area contributed by atoms with E-state index in [-0.39, 0.29) is 11.2 Å². The van der Waals surface area contributed by atoms with Gasteiger partial charge >= 0.3 is 0 Å². The average Bonchev–Trinajstić information content (AvgIpc) is 2.69. The summed E-state index contributed by atoms with van der Waals surface area (Å²) in [4.78, 5) is 17.2. The molecule has 0 atom stereocenters. The van der Waals surface area contributed by atoms with Crippen LogP contribution in [0.4, 0.5) is 0 Å². The van der Waals surface area contributed by atoms with E-state index >= 15 is 0 Å². The smallest absolute Gasteiger partial charge is 0.162 e. The Labute approximate surface area is 180 Å². The van der Waals surface area contributed by atoms with Crippen LogP contribution >= 0.6 is 0 Å². The number of nitrogens with one attached hydrogen (secondary N) is 1. The number of ketones is 1. The van der Waals surface area contributed by atoms with Crippen LogP contribution in [0.3, 0.4) is 0 Å². The van der Waals surface area contributed by atoms with E-state index in [1.807, 2.05) is 45.2 Å². The largest absolute Gasteiger partial charge is 0.384 e. The molecule has 156 valence electrons. The van der Waals surface area contributed by atoms with Gasteiger partial charge in [-0.2, -0.15) is 0 Å². The second kappa shape index (κ2) is 8.43. The number of aromatic nitrogens is 1. The Bertz CT molecular complexity index is 1080. The predicted octanol–water partition coefficient (Wildman–Crippen LogP) is 6.54. The quantitative estimate of drug-likeness (QED) is 0.495. The molecule has 0 unspecified atom stereocenters. The number of pyridine rings is 1. The summed E-state index contributed by atoms with van der Waals surface area (Å²) in [5, 5.41) is 5.85. The van der Waals surface area contributed by atoms with Gasteiger partial charge in [0.25, 0.3) is 0 Å². The number of rotatable bonds is 5. The normalized spacial score (nSPS) is 12.8. The summed E-state index contributed by atoms with van der Waals surface area (Å²) in [6, 6.07) is 18.8. The van der Waals surface area contributed by atoms with Crippen molar-refractivity contribution in [1.82, 2.24) is 10.3 Å². The summed E-state index contributed by atoms with van der Waals surface area (Å²) in [6.45, 7) is 12.9. The first-order valence-electron chi connectivity index (χ1n) is 10.5. The number of benzene rings is 2. The first-order chi connectivity index (χ1) is 14.1. The molecule has 0 radical (unpaired) electrons. The first-order valence-corrected chi connectivity index (χ1v) is 10.5. The second-order valence-electron chi connectivity index (χ2n) is 9.86. The van der Waals surface area contributed by atoms with Crippen molar-refractivity contribution in [3.05, 3.63) is 78.1 Å². The van der Waals surface area contributed by atoms with Crippen molar-refractivity contribution in [1.29, 1.82) is 0 Å². The maximum atomic E-state index is 12.6. The van der Waals surface area contributed by atoms with Crippen LogP contribution in [0.2, 0.25) is 0 Å². The summed E-state index contributed by atoms with van der Waals surface area (Å²) >= 11 is 0. The molecular formula is C27H32N2O. The van der Waals surface area contributed by atoms with Crippen molar-refractivity contribution in [3.63, 3.8) is 0 Å². The van der Waals surface area contributed by atoms with Gasteiger partial charge in [-0.25, -0.2) is 0 Å². The molecule has 0 aliphatic heterocycles. The van der Waals surface area contributed by atoms with Crippen LogP contribution in [-0.2, 0) is 11.3 Å². The highest BCUT2D eigenvalue weighted by Gasteiger charge is 2.24. The Morgan fingerprint density at radius 1 is 0.933 bits per heavy atom. The fourth-order valence-electron chi connectivity index (χ4n) is 3.26. The number of carbonyl (C=O) groups excluding carboxylic acids is 1. The molecule has 0 spiro atoms. The SMILES string of the molecule is CC(C)(C)C(=O)C=C(NCc1cccc(-c2nccc3ccccc23)c1)C(C)(C)C. The van der Waals surface area contributed by atoms with Crippen molar-refractivity contribution in [3.8, 4) is 11.3 Å². The van der Waals surface area contributed by atoms with Crippen LogP contribution in [0.1, 0.15) is 47.1 Å². The topological polar surface area (TPSA) is 42.0 Å². The third-order valence-electron chi connectivity index (χ3n) is 5.18. The van der Waals surface area contributed by atoms with Crippen LogP contribution in [-0.4, -0.2) is 10.8 Å². The molecule has 0 aliphatic carbocycles. The molecule has 0 bridgehead atoms. The van der Waals surface area contributed by atoms with Crippen molar-refractivity contribution >= 4 is 16.6 Å². The van der Waals surface area contributed by atoms with Crippen LogP contribution in [0.15, 0.2) is 72.6 Å². The number of allylic oxidation sites excluding steroid dienone is 2. The van der Waals surface area contributed by atoms with Crippen LogP contribution in [0, 0.1) is 10.8 Å². The minimum absolute atomic E-state index is 0.133. The number of carbonyl (C=O) groups is 1. The number of hydrogen-bond donors (Lipinski definition) is 1. The molecule has 0 amide bonds. The Balaban J connectivity index is 1.87. The van der Waals surface area contributed by atoms with Gasteiger partial charge in [0.05, 0.1) is 5.69 Å². The molecule has 3 aromatic rings. The van der Waals surface area contributed by atoms with Crippen molar-refractivity contribution in [2.75, 3.05) is 0 Å². The van der Waals surface area contributed by atoms with Crippen molar-refractivity contribution < 1.29 is 4.79 Å². The van der Waals surface area contributed by atoms with Crippen LogP contribution in [0.25, 0.3) is 22.0 Å². The lowest BCUT2D eigenvalue weighted by molar-refractivity contribution is -0.121. The monoisotopic (exact) mass is 400 g/mol. The van der Waals surface area contributed by atoms with Gasteiger partial charge in [-0.15, -0.1) is 0 Å². The molecule has 30 heavy (non-hydrogen) atoms. The second-order valence-corrected chi connectivity index (χ2v) is 9.86. The molecule has 2 aromatic carbocycles. The molecule has 0 aliphatic rings. The van der Waals surface area contributed by atoms with E-state index in [0.29, 0.717) is 6.54 Å². The maximum absolute atomic E-state index is 12.6. The molecule has 0 saturated carbocycles. The zero-order chi connectivity index (χ0) is 21.9. The standard InChI is InChI=1S/C27H32N2O/c1-26(2,3)23(17-24(30)27(4,5)6)29-18-19-10-9-12-21(16-19)25-22-13-8-7-11-20(22)14-15-28-25/h7-17,29H,18H2,1-6H3. The molecule has 0 saturated heterocycles. The molecule has 1 heterocycles. The third-order valence-corrected chi connectivity index (χ3v) is 5.18. The highest BCUT2D eigenvalue weighted by molar-refractivity contribution is 5.95. The highest BCUT2D eigenvalue weighted by Crippen LogP contribution is 2.28. The maximum Gasteiger partial charge on any atom is 0.162 e. The Kier molecular flexibility index (Phi) is 6.12. The fraction of sp³-hybridized carbons (Fsp3) is 0.333. The van der Waals surface area contributed by atoms with E-state index in [1.165, 1.54) is 5.39 Å². The summed E-state index contributed by atoms with van der Waals surface area (Å²) < 4.78 is 0. The first kappa shape index (κ1) is 21.8. The van der Waals surface area contributed by atoms with Gasteiger partial charge in [0, 0.05) is 46.3 Å². The summed E-state index contributed by atoms with van der Waals surface area (Å²) in [6.07, 6.45) is 3.64. The molecule has 1 N–H and O–H groups in total. The van der Waals surface area contributed by atoms with E-state index in [0.717, 1.165) is 27.9 Å². The molecule has 3 rings (SSSR count). The van der Waals surface area contributed by atoms with Gasteiger partial charge in [-0.3, -0.25) is 9.78 Å². The lowest BCUT2D eigenvalue weighted by Crippen LogP contribution is -2.27. The Hall–Kier alpha value is -2.94. The number of fused-ring (bicyclic) bond motifs is 1. The van der Waals surface area contributed by atoms with E-state index in [2.05, 4.69) is 67.5 Å². The molecule has 3 heteroatoms. The van der Waals surface area contributed by atoms with E-state index in [1.54, 1.807) is 6.08 Å². The molecule has 3 nitrogen and oxygen atoms in total. The predicted molar refractivity (Wildman–Crippen MR) is 126 cm³/mol. The average molecular weight is 401 g/mol. The number of nitrogens with zero attached hydrogens (tertiary/aromatic N) is 1. The van der Waals surface area contributed by atoms with E-state index in [9.17, 15) is 4.79 Å². The van der Waals surface area contributed by atoms with E-state index in [4.69, 9.17) is 0 Å². The molecule has 1 aromatic heterocycles. The Morgan fingerprint density at radius 2 is 1.67 bits per heavy atom.